The molecule has 8 nitrogen and oxygen atoms in total. The zero-order valence-electron chi connectivity index (χ0n) is 6.47. The first-order valence-electron chi connectivity index (χ1n) is 3.09. The van der Waals surface area contributed by atoms with E-state index in [1.807, 2.05) is 0 Å². The molecule has 0 bridgehead atoms. The maximum atomic E-state index is 10.9. The number of rotatable bonds is 0. The van der Waals surface area contributed by atoms with Crippen LogP contribution in [-0.2, 0) is 15.0 Å². The molecule has 1 rings (SSSR count). The first-order valence-corrected chi connectivity index (χ1v) is 4.58. The molecule has 1 unspecified atom stereocenters. The van der Waals surface area contributed by atoms with E-state index in [-0.39, 0.29) is 0 Å². The highest BCUT2D eigenvalue weighted by Crippen LogP contribution is 2.08. The normalized spacial score (nSPS) is 35.8. The lowest BCUT2D eigenvalue weighted by Gasteiger charge is -2.28. The fourth-order valence-corrected chi connectivity index (χ4v) is 1.88. The predicted octanol–water partition coefficient (Wildman–Crippen LogP) is -2.51. The van der Waals surface area contributed by atoms with Gasteiger partial charge in [0, 0.05) is 0 Å². The maximum Gasteiger partial charge on any atom is 0.304 e. The largest absolute Gasteiger partial charge is 0.410 e. The molecule has 74 valence electrons. The minimum Gasteiger partial charge on any atom is -0.410 e. The van der Waals surface area contributed by atoms with Crippen LogP contribution >= 0.6 is 0 Å². The van der Waals surface area contributed by atoms with Crippen LogP contribution in [0, 0.1) is 0 Å². The summed E-state index contributed by atoms with van der Waals surface area (Å²) < 4.78 is 24.7. The van der Waals surface area contributed by atoms with Crippen molar-refractivity contribution in [3.05, 3.63) is 0 Å². The van der Waals surface area contributed by atoms with Gasteiger partial charge in [-0.2, -0.15) is 13.1 Å². The number of hydrogen-bond acceptors (Lipinski definition) is 6. The van der Waals surface area contributed by atoms with E-state index in [0.717, 1.165) is 6.92 Å². The Morgan fingerprint density at radius 3 is 2.46 bits per heavy atom. The zero-order chi connectivity index (χ0) is 10.3. The van der Waals surface area contributed by atoms with Crippen molar-refractivity contribution in [2.24, 2.45) is 5.16 Å². The molecule has 1 fully saturated rings. The Morgan fingerprint density at radius 2 is 2.08 bits per heavy atom. The van der Waals surface area contributed by atoms with Gasteiger partial charge in [-0.1, -0.05) is 5.16 Å². The number of amides is 1. The van der Waals surface area contributed by atoms with Crippen LogP contribution in [0.15, 0.2) is 5.16 Å². The second-order valence-electron chi connectivity index (χ2n) is 2.56. The molecule has 0 aromatic carbocycles. The summed E-state index contributed by atoms with van der Waals surface area (Å²) in [5.74, 6) is -1.17. The van der Waals surface area contributed by atoms with Crippen molar-refractivity contribution < 1.29 is 23.5 Å². The lowest BCUT2D eigenvalue weighted by Crippen LogP contribution is -2.65. The first kappa shape index (κ1) is 9.89. The average Bonchev–Trinajstić information content (AvgIpc) is 1.79. The van der Waals surface area contributed by atoms with Gasteiger partial charge in [0.2, 0.25) is 0 Å². The standard InChI is InChI=1S/C4H7N3O5S/c1-4(9)2(5-10)3(8)6-13(11,12)7-4/h7,9-10H,1H3,(H,6,8)/b5-2-. The number of nitrogens with one attached hydrogen (secondary N) is 2. The lowest BCUT2D eigenvalue weighted by atomic mass is 10.1. The van der Waals surface area contributed by atoms with Gasteiger partial charge in [0.1, 0.15) is 0 Å². The number of aliphatic hydroxyl groups is 1. The minimum atomic E-state index is -4.07. The van der Waals surface area contributed by atoms with Crippen LogP contribution in [0.25, 0.3) is 0 Å². The van der Waals surface area contributed by atoms with Gasteiger partial charge < -0.3 is 10.3 Å². The third kappa shape index (κ3) is 1.76. The Morgan fingerprint density at radius 1 is 1.54 bits per heavy atom. The lowest BCUT2D eigenvalue weighted by molar-refractivity contribution is -0.114. The van der Waals surface area contributed by atoms with Crippen molar-refractivity contribution in [2.45, 2.75) is 12.6 Å². The quantitative estimate of drug-likeness (QED) is 0.259. The van der Waals surface area contributed by atoms with Crippen LogP contribution in [0.4, 0.5) is 0 Å². The topological polar surface area (TPSA) is 128 Å². The van der Waals surface area contributed by atoms with Gasteiger partial charge in [0.15, 0.2) is 11.4 Å². The van der Waals surface area contributed by atoms with Gasteiger partial charge in [0.25, 0.3) is 5.91 Å². The van der Waals surface area contributed by atoms with E-state index in [9.17, 15) is 18.3 Å². The van der Waals surface area contributed by atoms with Gasteiger partial charge in [-0.15, -0.1) is 0 Å². The van der Waals surface area contributed by atoms with Gasteiger partial charge in [0.05, 0.1) is 0 Å². The molecule has 0 aromatic rings. The zero-order valence-corrected chi connectivity index (χ0v) is 7.29. The Labute approximate surface area is 73.4 Å². The molecule has 0 spiro atoms. The number of oxime groups is 1. The van der Waals surface area contributed by atoms with E-state index in [4.69, 9.17) is 5.21 Å². The van der Waals surface area contributed by atoms with Gasteiger partial charge in [-0.05, 0) is 6.92 Å². The van der Waals surface area contributed by atoms with Crippen LogP contribution in [0.1, 0.15) is 6.92 Å². The molecule has 1 aliphatic rings. The molecule has 9 heteroatoms. The van der Waals surface area contributed by atoms with Gasteiger partial charge in [-0.25, -0.2) is 4.72 Å². The third-order valence-corrected chi connectivity index (χ3v) is 2.46. The second-order valence-corrected chi connectivity index (χ2v) is 3.97. The third-order valence-electron chi connectivity index (χ3n) is 1.34. The Hall–Kier alpha value is -1.19. The molecule has 0 saturated carbocycles. The van der Waals surface area contributed by atoms with Crippen LogP contribution in [-0.4, -0.2) is 36.1 Å². The van der Waals surface area contributed by atoms with Crippen LogP contribution < -0.4 is 9.44 Å². The second kappa shape index (κ2) is 2.65. The number of hydrogen-bond donors (Lipinski definition) is 4. The molecule has 1 saturated heterocycles. The van der Waals surface area contributed by atoms with E-state index in [1.54, 1.807) is 4.72 Å². The van der Waals surface area contributed by atoms with E-state index in [0.29, 0.717) is 0 Å². The SMILES string of the molecule is CC1(O)NS(=O)(=O)NC(=O)/C1=N/O. The summed E-state index contributed by atoms with van der Waals surface area (Å²) >= 11 is 0. The fourth-order valence-electron chi connectivity index (χ4n) is 0.870. The Kier molecular flexibility index (Phi) is 2.02. The molecule has 0 aromatic heterocycles. The van der Waals surface area contributed by atoms with Crippen molar-refractivity contribution in [1.29, 1.82) is 0 Å². The number of carbonyl (C=O) groups excluding carboxylic acids is 1. The van der Waals surface area contributed by atoms with E-state index in [1.165, 1.54) is 4.72 Å². The predicted molar refractivity (Wildman–Crippen MR) is 40.0 cm³/mol. The maximum absolute atomic E-state index is 10.9. The van der Waals surface area contributed by atoms with Gasteiger partial charge in [-0.3, -0.25) is 4.79 Å². The van der Waals surface area contributed by atoms with Crippen LogP contribution in [0.2, 0.25) is 0 Å². The summed E-state index contributed by atoms with van der Waals surface area (Å²) in [6.07, 6.45) is 0. The van der Waals surface area contributed by atoms with Crippen molar-refractivity contribution in [3.63, 3.8) is 0 Å². The molecular weight excluding hydrogens is 202 g/mol. The molecule has 1 amide bonds. The highest BCUT2D eigenvalue weighted by atomic mass is 32.2. The average molecular weight is 209 g/mol. The van der Waals surface area contributed by atoms with Crippen molar-refractivity contribution in [2.75, 3.05) is 0 Å². The highest BCUT2D eigenvalue weighted by molar-refractivity contribution is 7.88. The Balaban J connectivity index is 3.18. The molecule has 1 atom stereocenters. The summed E-state index contributed by atoms with van der Waals surface area (Å²) in [5, 5.41) is 20.1. The van der Waals surface area contributed by atoms with Gasteiger partial charge >= 0.3 is 10.2 Å². The molecule has 4 N–H and O–H groups in total. The summed E-state index contributed by atoms with van der Waals surface area (Å²) in [6.45, 7) is 0.971. The molecule has 0 radical (unpaired) electrons. The van der Waals surface area contributed by atoms with E-state index < -0.39 is 27.6 Å². The van der Waals surface area contributed by atoms with E-state index in [2.05, 4.69) is 5.16 Å². The van der Waals surface area contributed by atoms with Crippen LogP contribution in [0.3, 0.4) is 0 Å². The summed E-state index contributed by atoms with van der Waals surface area (Å²) in [6, 6.07) is 0. The molecular formula is C4H7N3O5S. The Bertz CT molecular complexity index is 369. The molecule has 0 aliphatic carbocycles. The van der Waals surface area contributed by atoms with Crippen molar-refractivity contribution in [3.8, 4) is 0 Å². The highest BCUT2D eigenvalue weighted by Gasteiger charge is 2.43. The number of nitrogens with zero attached hydrogens (tertiary/aromatic N) is 1. The molecule has 1 heterocycles. The van der Waals surface area contributed by atoms with Crippen molar-refractivity contribution >= 4 is 21.8 Å². The fraction of sp³-hybridized carbons (Fsp3) is 0.500. The van der Waals surface area contributed by atoms with Crippen LogP contribution in [0.5, 0.6) is 0 Å². The summed E-state index contributed by atoms with van der Waals surface area (Å²) in [5.41, 5.74) is -2.92. The smallest absolute Gasteiger partial charge is 0.304 e. The minimum absolute atomic E-state index is 0.720. The first-order chi connectivity index (χ1) is 5.78. The van der Waals surface area contributed by atoms with E-state index >= 15 is 0 Å². The number of carbonyl (C=O) groups is 1. The summed E-state index contributed by atoms with van der Waals surface area (Å²) in [4.78, 5) is 10.9. The van der Waals surface area contributed by atoms with Crippen molar-refractivity contribution in [1.82, 2.24) is 9.44 Å². The molecule has 13 heavy (non-hydrogen) atoms. The molecule has 1 aliphatic heterocycles. The summed E-state index contributed by atoms with van der Waals surface area (Å²) in [7, 11) is -4.07. The monoisotopic (exact) mass is 209 g/mol.